The van der Waals surface area contributed by atoms with Gasteiger partial charge in [-0.1, -0.05) is 0 Å². The summed E-state index contributed by atoms with van der Waals surface area (Å²) < 4.78 is 10.6. The second kappa shape index (κ2) is 6.39. The number of nitrogens with zero attached hydrogens (tertiary/aromatic N) is 3. The van der Waals surface area contributed by atoms with E-state index in [-0.39, 0.29) is 24.7 Å². The van der Waals surface area contributed by atoms with Crippen LogP contribution in [-0.2, 0) is 14.3 Å². The number of rotatable bonds is 5. The van der Waals surface area contributed by atoms with E-state index in [4.69, 9.17) is 20.5 Å². The lowest BCUT2D eigenvalue weighted by atomic mass is 10.3. The molecule has 2 N–H and O–H groups in total. The van der Waals surface area contributed by atoms with Crippen LogP contribution in [0.3, 0.4) is 0 Å². The number of nitriles is 1. The molecule has 0 fully saturated rings. The molecular formula is C11H14N4O4. The Morgan fingerprint density at radius 2 is 2.11 bits per heavy atom. The second-order valence-electron chi connectivity index (χ2n) is 3.39. The Kier molecular flexibility index (Phi) is 4.88. The molecule has 0 aliphatic rings. The first-order valence-corrected chi connectivity index (χ1v) is 5.62. The normalized spacial score (nSPS) is 11.4. The fraction of sp³-hybridized carbons (Fsp3) is 0.455. The van der Waals surface area contributed by atoms with Crippen molar-refractivity contribution in [3.63, 3.8) is 0 Å². The molecule has 1 heterocycles. The molecule has 0 saturated heterocycles. The van der Waals surface area contributed by atoms with Crippen molar-refractivity contribution in [2.75, 3.05) is 18.9 Å². The average molecular weight is 266 g/mol. The lowest BCUT2D eigenvalue weighted by Crippen LogP contribution is -2.22. The van der Waals surface area contributed by atoms with Gasteiger partial charge < -0.3 is 15.2 Å². The second-order valence-corrected chi connectivity index (χ2v) is 3.39. The number of anilines is 1. The molecule has 0 aromatic carbocycles. The highest BCUT2D eigenvalue weighted by Crippen LogP contribution is 2.18. The molecular weight excluding hydrogens is 252 g/mol. The van der Waals surface area contributed by atoms with Crippen LogP contribution in [-0.4, -0.2) is 34.7 Å². The highest BCUT2D eigenvalue weighted by Gasteiger charge is 2.26. The van der Waals surface area contributed by atoms with Crippen molar-refractivity contribution in [2.24, 2.45) is 0 Å². The molecule has 1 aromatic heterocycles. The van der Waals surface area contributed by atoms with Crippen molar-refractivity contribution in [2.45, 2.75) is 19.9 Å². The number of hydrogen-bond donors (Lipinski definition) is 1. The predicted octanol–water partition coefficient (Wildman–Crippen LogP) is 0.270. The molecule has 8 nitrogen and oxygen atoms in total. The van der Waals surface area contributed by atoms with Gasteiger partial charge in [0.25, 0.3) is 0 Å². The van der Waals surface area contributed by atoms with Crippen LogP contribution in [0.4, 0.5) is 5.82 Å². The Balaban J connectivity index is 3.05. The summed E-state index contributed by atoms with van der Waals surface area (Å²) in [6, 6.07) is 0.462. The first kappa shape index (κ1) is 14.5. The van der Waals surface area contributed by atoms with E-state index in [9.17, 15) is 9.59 Å². The van der Waals surface area contributed by atoms with Gasteiger partial charge in [0, 0.05) is 0 Å². The van der Waals surface area contributed by atoms with Gasteiger partial charge in [0.2, 0.25) is 6.04 Å². The third-order valence-electron chi connectivity index (χ3n) is 2.21. The SMILES string of the molecule is CCOC(=O)c1ncn([C@H](C#N)C(=O)OCC)c1N. The monoisotopic (exact) mass is 266 g/mol. The summed E-state index contributed by atoms with van der Waals surface area (Å²) in [7, 11) is 0. The molecule has 0 bridgehead atoms. The molecule has 102 valence electrons. The van der Waals surface area contributed by atoms with E-state index in [1.807, 2.05) is 0 Å². The van der Waals surface area contributed by atoms with Crippen LogP contribution >= 0.6 is 0 Å². The van der Waals surface area contributed by atoms with Gasteiger partial charge in [-0.2, -0.15) is 5.26 Å². The van der Waals surface area contributed by atoms with E-state index >= 15 is 0 Å². The van der Waals surface area contributed by atoms with Gasteiger partial charge in [-0.05, 0) is 13.8 Å². The molecule has 8 heteroatoms. The molecule has 0 amide bonds. The minimum atomic E-state index is -1.28. The number of esters is 2. The predicted molar refractivity (Wildman–Crippen MR) is 63.9 cm³/mol. The minimum absolute atomic E-state index is 0.113. The molecule has 0 radical (unpaired) electrons. The van der Waals surface area contributed by atoms with Crippen molar-refractivity contribution in [3.05, 3.63) is 12.0 Å². The lowest BCUT2D eigenvalue weighted by molar-refractivity contribution is -0.145. The van der Waals surface area contributed by atoms with Gasteiger partial charge in [-0.3, -0.25) is 4.57 Å². The largest absolute Gasteiger partial charge is 0.464 e. The van der Waals surface area contributed by atoms with Gasteiger partial charge in [0.05, 0.1) is 19.5 Å². The van der Waals surface area contributed by atoms with E-state index in [1.54, 1.807) is 19.9 Å². The Hall–Kier alpha value is -2.56. The minimum Gasteiger partial charge on any atom is -0.464 e. The van der Waals surface area contributed by atoms with E-state index in [0.717, 1.165) is 10.9 Å². The summed E-state index contributed by atoms with van der Waals surface area (Å²) in [4.78, 5) is 26.8. The maximum Gasteiger partial charge on any atom is 0.360 e. The van der Waals surface area contributed by atoms with Gasteiger partial charge >= 0.3 is 11.9 Å². The van der Waals surface area contributed by atoms with E-state index in [0.29, 0.717) is 0 Å². The molecule has 19 heavy (non-hydrogen) atoms. The number of imidazole rings is 1. The van der Waals surface area contributed by atoms with Crippen LogP contribution in [0.5, 0.6) is 0 Å². The number of ether oxygens (including phenoxy) is 2. The van der Waals surface area contributed by atoms with Crippen molar-refractivity contribution < 1.29 is 19.1 Å². The Labute approximate surface area is 109 Å². The molecule has 0 unspecified atom stereocenters. The zero-order valence-electron chi connectivity index (χ0n) is 10.6. The topological polar surface area (TPSA) is 120 Å². The summed E-state index contributed by atoms with van der Waals surface area (Å²) >= 11 is 0. The van der Waals surface area contributed by atoms with E-state index < -0.39 is 18.0 Å². The maximum absolute atomic E-state index is 11.6. The molecule has 0 spiro atoms. The van der Waals surface area contributed by atoms with Gasteiger partial charge in [0.15, 0.2) is 5.69 Å². The van der Waals surface area contributed by atoms with Crippen LogP contribution in [0, 0.1) is 11.3 Å². The van der Waals surface area contributed by atoms with Gasteiger partial charge in [0.1, 0.15) is 11.9 Å². The van der Waals surface area contributed by atoms with Crippen molar-refractivity contribution >= 4 is 17.8 Å². The number of nitrogens with two attached hydrogens (primary N) is 1. The van der Waals surface area contributed by atoms with Crippen LogP contribution < -0.4 is 5.73 Å². The summed E-state index contributed by atoms with van der Waals surface area (Å²) in [5.41, 5.74) is 5.55. The molecule has 0 aliphatic heterocycles. The van der Waals surface area contributed by atoms with Crippen molar-refractivity contribution in [3.8, 4) is 6.07 Å². The van der Waals surface area contributed by atoms with Crippen LogP contribution in [0.15, 0.2) is 6.33 Å². The first-order chi connectivity index (χ1) is 9.06. The van der Waals surface area contributed by atoms with Crippen molar-refractivity contribution in [1.29, 1.82) is 5.26 Å². The number of carbonyl (C=O) groups excluding carboxylic acids is 2. The number of hydrogen-bond acceptors (Lipinski definition) is 7. The molecule has 0 aliphatic carbocycles. The summed E-state index contributed by atoms with van der Waals surface area (Å²) in [5.74, 6) is -1.58. The van der Waals surface area contributed by atoms with Crippen LogP contribution in [0.1, 0.15) is 30.4 Å². The zero-order chi connectivity index (χ0) is 14.4. The smallest absolute Gasteiger partial charge is 0.360 e. The van der Waals surface area contributed by atoms with Gasteiger partial charge in [-0.15, -0.1) is 0 Å². The average Bonchev–Trinajstić information content (AvgIpc) is 2.73. The fourth-order valence-electron chi connectivity index (χ4n) is 1.38. The van der Waals surface area contributed by atoms with Crippen LogP contribution in [0.2, 0.25) is 0 Å². The number of aromatic nitrogens is 2. The summed E-state index contributed by atoms with van der Waals surface area (Å²) in [5, 5.41) is 8.98. The maximum atomic E-state index is 11.6. The fourth-order valence-corrected chi connectivity index (χ4v) is 1.38. The van der Waals surface area contributed by atoms with Crippen molar-refractivity contribution in [1.82, 2.24) is 9.55 Å². The Bertz CT molecular complexity index is 517. The molecule has 0 saturated carbocycles. The summed E-state index contributed by atoms with van der Waals surface area (Å²) in [6.07, 6.45) is 1.13. The highest BCUT2D eigenvalue weighted by atomic mass is 16.5. The highest BCUT2D eigenvalue weighted by molar-refractivity contribution is 5.92. The quantitative estimate of drug-likeness (QED) is 0.759. The Morgan fingerprint density at radius 1 is 1.47 bits per heavy atom. The summed E-state index contributed by atoms with van der Waals surface area (Å²) in [6.45, 7) is 3.57. The van der Waals surface area contributed by atoms with Gasteiger partial charge in [-0.25, -0.2) is 14.6 Å². The molecule has 1 atom stereocenters. The third-order valence-corrected chi connectivity index (χ3v) is 2.21. The third kappa shape index (κ3) is 3.01. The zero-order valence-corrected chi connectivity index (χ0v) is 10.6. The standard InChI is InChI=1S/C11H14N4O4/c1-3-18-10(16)7(5-12)15-6-14-8(9(15)13)11(17)19-4-2/h6-7H,3-4,13H2,1-2H3/t7-/m1/s1. The molecule has 1 aromatic rings. The first-order valence-electron chi connectivity index (χ1n) is 5.62. The van der Waals surface area contributed by atoms with Crippen LogP contribution in [0.25, 0.3) is 0 Å². The lowest BCUT2D eigenvalue weighted by Gasteiger charge is -2.11. The van der Waals surface area contributed by atoms with E-state index in [2.05, 4.69) is 4.98 Å². The van der Waals surface area contributed by atoms with E-state index in [1.165, 1.54) is 0 Å². The Morgan fingerprint density at radius 3 is 2.63 bits per heavy atom. The number of carbonyl (C=O) groups is 2. The molecule has 1 rings (SSSR count). The number of nitrogen functional groups attached to an aromatic ring is 1.